The van der Waals surface area contributed by atoms with E-state index in [-0.39, 0.29) is 5.75 Å². The first-order chi connectivity index (χ1) is 21.8. The van der Waals surface area contributed by atoms with Gasteiger partial charge in [-0.15, -0.1) is 5.10 Å². The Bertz CT molecular complexity index is 2110. The Morgan fingerprint density at radius 1 is 0.933 bits per heavy atom. The molecule has 4 heterocycles. The molecule has 0 saturated carbocycles. The van der Waals surface area contributed by atoms with Gasteiger partial charge in [0.05, 0.1) is 61.1 Å². The smallest absolute Gasteiger partial charge is 0.232 e. The van der Waals surface area contributed by atoms with E-state index in [1.165, 1.54) is 7.11 Å². The summed E-state index contributed by atoms with van der Waals surface area (Å²) in [6.45, 7) is 2.22. The molecule has 0 atom stereocenters. The fraction of sp³-hybridized carbons (Fsp3) is 0.226. The first-order valence-corrected chi connectivity index (χ1v) is 15.8. The Labute approximate surface area is 259 Å². The van der Waals surface area contributed by atoms with Crippen LogP contribution in [0.2, 0.25) is 0 Å². The highest BCUT2D eigenvalue weighted by atomic mass is 32.2. The van der Waals surface area contributed by atoms with E-state index in [4.69, 9.17) is 24.3 Å². The van der Waals surface area contributed by atoms with Crippen LogP contribution in [-0.2, 0) is 16.6 Å². The molecule has 0 spiro atoms. The summed E-state index contributed by atoms with van der Waals surface area (Å²) in [6, 6.07) is 14.5. The van der Waals surface area contributed by atoms with E-state index in [9.17, 15) is 8.42 Å². The molecule has 0 saturated heterocycles. The minimum absolute atomic E-state index is 0.0169. The van der Waals surface area contributed by atoms with E-state index in [1.54, 1.807) is 60.2 Å². The van der Waals surface area contributed by atoms with Gasteiger partial charge < -0.3 is 19.5 Å². The van der Waals surface area contributed by atoms with Gasteiger partial charge in [-0.1, -0.05) is 6.92 Å². The molecular weight excluding hydrogens is 596 g/mol. The number of nitrogens with zero attached hydrogens (tertiary/aromatic N) is 6. The number of sulfonamides is 1. The molecule has 14 heteroatoms. The van der Waals surface area contributed by atoms with Gasteiger partial charge in [-0.25, -0.2) is 22.6 Å². The lowest BCUT2D eigenvalue weighted by molar-refractivity contribution is 0.391. The van der Waals surface area contributed by atoms with Gasteiger partial charge in [0, 0.05) is 42.8 Å². The minimum atomic E-state index is -3.49. The fourth-order valence-corrected chi connectivity index (χ4v) is 6.20. The number of ether oxygens (including phenoxy) is 3. The number of nitrogens with one attached hydrogen (secondary N) is 2. The minimum Gasteiger partial charge on any atom is -0.497 e. The van der Waals surface area contributed by atoms with Gasteiger partial charge in [0.1, 0.15) is 22.9 Å². The average Bonchev–Trinajstić information content (AvgIpc) is 3.64. The number of fused-ring (bicyclic) bond motifs is 2. The van der Waals surface area contributed by atoms with Crippen LogP contribution in [0.25, 0.3) is 33.5 Å². The third-order valence-corrected chi connectivity index (χ3v) is 8.71. The molecule has 0 fully saturated rings. The molecule has 232 valence electrons. The molecule has 2 N–H and O–H groups in total. The van der Waals surface area contributed by atoms with Gasteiger partial charge >= 0.3 is 0 Å². The van der Waals surface area contributed by atoms with Gasteiger partial charge in [-0.2, -0.15) is 5.10 Å². The van der Waals surface area contributed by atoms with Crippen LogP contribution in [-0.4, -0.2) is 64.9 Å². The van der Waals surface area contributed by atoms with Crippen LogP contribution in [0.5, 0.6) is 17.2 Å². The third-order valence-electron chi connectivity index (χ3n) is 7.22. The highest BCUT2D eigenvalue weighted by molar-refractivity contribution is 7.92. The maximum atomic E-state index is 12.4. The summed E-state index contributed by atoms with van der Waals surface area (Å²) in [4.78, 5) is 9.24. The zero-order valence-electron chi connectivity index (χ0n) is 25.2. The predicted octanol–water partition coefficient (Wildman–Crippen LogP) is 4.92. The lowest BCUT2D eigenvalue weighted by atomic mass is 10.1. The highest BCUT2D eigenvalue weighted by Crippen LogP contribution is 2.35. The second-order valence-electron chi connectivity index (χ2n) is 10.1. The van der Waals surface area contributed by atoms with E-state index in [1.807, 2.05) is 43.5 Å². The van der Waals surface area contributed by atoms with Gasteiger partial charge in [0.2, 0.25) is 10.0 Å². The predicted molar refractivity (Wildman–Crippen MR) is 172 cm³/mol. The third kappa shape index (κ3) is 5.91. The molecule has 13 nitrogen and oxygen atoms in total. The second kappa shape index (κ2) is 12.3. The summed E-state index contributed by atoms with van der Waals surface area (Å²) >= 11 is 0. The Morgan fingerprint density at radius 2 is 1.78 bits per heavy atom. The highest BCUT2D eigenvalue weighted by Gasteiger charge is 2.20. The van der Waals surface area contributed by atoms with Gasteiger partial charge in [0.15, 0.2) is 11.5 Å². The fourth-order valence-electron chi connectivity index (χ4n) is 5.07. The molecule has 0 unspecified atom stereocenters. The molecule has 0 bridgehead atoms. The standard InChI is InChI=1S/C31H32N8O5S/c1-5-13-45(40,41)37-21-8-10-26(29(14-21)44-4)39-27-16-25(23-19-35-38-12-6-11-32-31(23)38)33-18-24(27)30(36-39)34-17-20-7-9-22(42-2)15-28(20)43-3/h6-12,14-16,18-19,37H,5,13,17H2,1-4H3,(H,34,36). The van der Waals surface area contributed by atoms with Crippen LogP contribution >= 0.6 is 0 Å². The van der Waals surface area contributed by atoms with Crippen LogP contribution in [0.4, 0.5) is 11.5 Å². The monoisotopic (exact) mass is 628 g/mol. The Hall–Kier alpha value is -5.37. The van der Waals surface area contributed by atoms with Crippen LogP contribution in [0.1, 0.15) is 18.9 Å². The summed E-state index contributed by atoms with van der Waals surface area (Å²) in [7, 11) is 1.26. The number of methoxy groups -OCH3 is 3. The van der Waals surface area contributed by atoms with Crippen molar-refractivity contribution in [2.75, 3.05) is 37.1 Å². The molecular formula is C31H32N8O5S. The van der Waals surface area contributed by atoms with Crippen molar-refractivity contribution >= 4 is 38.1 Å². The normalized spacial score (nSPS) is 11.6. The van der Waals surface area contributed by atoms with E-state index >= 15 is 0 Å². The Morgan fingerprint density at radius 3 is 2.56 bits per heavy atom. The zero-order valence-corrected chi connectivity index (χ0v) is 26.0. The molecule has 0 aliphatic carbocycles. The van der Waals surface area contributed by atoms with Gasteiger partial charge in [-0.3, -0.25) is 9.71 Å². The van der Waals surface area contributed by atoms with Crippen LogP contribution in [0.3, 0.4) is 0 Å². The largest absolute Gasteiger partial charge is 0.497 e. The van der Waals surface area contributed by atoms with Crippen molar-refractivity contribution < 1.29 is 22.6 Å². The number of benzene rings is 2. The molecule has 2 aromatic carbocycles. The van der Waals surface area contributed by atoms with Crippen molar-refractivity contribution in [3.8, 4) is 34.2 Å². The van der Waals surface area contributed by atoms with Gasteiger partial charge in [0.25, 0.3) is 0 Å². The van der Waals surface area contributed by atoms with E-state index in [0.717, 1.165) is 22.0 Å². The van der Waals surface area contributed by atoms with E-state index < -0.39 is 10.0 Å². The molecule has 0 radical (unpaired) electrons. The van der Waals surface area contributed by atoms with Crippen molar-refractivity contribution in [2.45, 2.75) is 19.9 Å². The topological polar surface area (TPSA) is 147 Å². The number of pyridine rings is 1. The summed E-state index contributed by atoms with van der Waals surface area (Å²) in [6.07, 6.45) is 7.52. The second-order valence-corrected chi connectivity index (χ2v) is 12.0. The van der Waals surface area contributed by atoms with Crippen molar-refractivity contribution in [2.24, 2.45) is 0 Å². The number of hydrogen-bond donors (Lipinski definition) is 2. The van der Waals surface area contributed by atoms with E-state index in [2.05, 4.69) is 20.1 Å². The first kappa shape index (κ1) is 29.7. The van der Waals surface area contributed by atoms with Crippen LogP contribution < -0.4 is 24.2 Å². The van der Waals surface area contributed by atoms with Gasteiger partial charge in [-0.05, 0) is 42.8 Å². The van der Waals surface area contributed by atoms with E-state index in [0.29, 0.717) is 58.7 Å². The average molecular weight is 629 g/mol. The zero-order chi connectivity index (χ0) is 31.6. The molecule has 45 heavy (non-hydrogen) atoms. The summed E-state index contributed by atoms with van der Waals surface area (Å²) < 4.78 is 47.6. The molecule has 4 aromatic heterocycles. The van der Waals surface area contributed by atoms with Crippen LogP contribution in [0, 0.1) is 0 Å². The molecule has 0 amide bonds. The Kier molecular flexibility index (Phi) is 8.13. The molecule has 0 aliphatic heterocycles. The van der Waals surface area contributed by atoms with Crippen molar-refractivity contribution in [3.05, 3.63) is 78.9 Å². The first-order valence-electron chi connectivity index (χ1n) is 14.1. The summed E-state index contributed by atoms with van der Waals surface area (Å²) in [5.74, 6) is 2.39. The summed E-state index contributed by atoms with van der Waals surface area (Å²) in [5, 5.41) is 13.5. The Balaban J connectivity index is 1.45. The molecule has 0 aliphatic rings. The summed E-state index contributed by atoms with van der Waals surface area (Å²) in [5.41, 5.74) is 4.72. The number of hydrogen-bond acceptors (Lipinski definition) is 10. The molecule has 6 aromatic rings. The van der Waals surface area contributed by atoms with Crippen molar-refractivity contribution in [1.29, 1.82) is 0 Å². The maximum absolute atomic E-state index is 12.4. The number of rotatable bonds is 12. The molecule has 6 rings (SSSR count). The number of aromatic nitrogens is 6. The lowest BCUT2D eigenvalue weighted by Gasteiger charge is -2.13. The van der Waals surface area contributed by atoms with Crippen LogP contribution in [0.15, 0.2) is 73.3 Å². The maximum Gasteiger partial charge on any atom is 0.232 e. The van der Waals surface area contributed by atoms with Crippen molar-refractivity contribution in [1.82, 2.24) is 29.4 Å². The lowest BCUT2D eigenvalue weighted by Crippen LogP contribution is -2.16. The quantitative estimate of drug-likeness (QED) is 0.191. The SMILES string of the molecule is CCCS(=O)(=O)Nc1ccc(-n2nc(NCc3ccc(OC)cc3OC)c3cnc(-c4cnn5cccnc45)cc32)c(OC)c1. The van der Waals surface area contributed by atoms with Crippen molar-refractivity contribution in [3.63, 3.8) is 0 Å². The number of anilines is 2.